The summed E-state index contributed by atoms with van der Waals surface area (Å²) in [5, 5.41) is 7.16. The van der Waals surface area contributed by atoms with Gasteiger partial charge in [0, 0.05) is 23.7 Å². The van der Waals surface area contributed by atoms with Crippen LogP contribution in [-0.4, -0.2) is 49.9 Å². The van der Waals surface area contributed by atoms with Crippen molar-refractivity contribution in [2.45, 2.75) is 19.4 Å². The van der Waals surface area contributed by atoms with Gasteiger partial charge in [-0.3, -0.25) is 9.78 Å². The SMILES string of the molecule is Cc1ccc2c3c(ccc2n1)OC[C@H](CNCCCOc1ccc2c(c1)NC(=O)CO2)O3. The molecular weight excluding hydrogens is 410 g/mol. The number of carbonyl (C=O) groups excluding carboxylic acids is 1. The van der Waals surface area contributed by atoms with E-state index >= 15 is 0 Å². The molecule has 166 valence electrons. The Kier molecular flexibility index (Phi) is 5.68. The Bertz CT molecular complexity index is 1150. The highest BCUT2D eigenvalue weighted by Gasteiger charge is 2.23. The lowest BCUT2D eigenvalue weighted by atomic mass is 10.1. The summed E-state index contributed by atoms with van der Waals surface area (Å²) in [6.45, 7) is 4.55. The molecule has 0 radical (unpaired) electrons. The summed E-state index contributed by atoms with van der Waals surface area (Å²) >= 11 is 0. The standard InChI is InChI=1S/C24H25N3O5/c1-15-3-5-18-19(26-15)6-8-22-24(18)32-17(13-30-22)12-25-9-2-10-29-16-4-7-21-20(11-16)27-23(28)14-31-21/h3-8,11,17,25H,2,9-10,12-14H2,1H3,(H,27,28)/t17-/m0/s1. The normalized spacial score (nSPS) is 16.8. The predicted molar refractivity (Wildman–Crippen MR) is 120 cm³/mol. The third kappa shape index (κ3) is 4.40. The highest BCUT2D eigenvalue weighted by atomic mass is 16.6. The summed E-state index contributed by atoms with van der Waals surface area (Å²) in [6.07, 6.45) is 0.760. The number of aromatic nitrogens is 1. The monoisotopic (exact) mass is 435 g/mol. The van der Waals surface area contributed by atoms with Crippen molar-refractivity contribution in [1.82, 2.24) is 10.3 Å². The van der Waals surface area contributed by atoms with Crippen LogP contribution < -0.4 is 29.6 Å². The lowest BCUT2D eigenvalue weighted by Crippen LogP contribution is -2.39. The molecular formula is C24H25N3O5. The molecule has 0 saturated carbocycles. The van der Waals surface area contributed by atoms with Gasteiger partial charge in [0.2, 0.25) is 0 Å². The molecule has 5 rings (SSSR count). The molecule has 0 bridgehead atoms. The first-order valence-corrected chi connectivity index (χ1v) is 10.8. The second kappa shape index (κ2) is 8.92. The van der Waals surface area contributed by atoms with E-state index in [1.807, 2.05) is 37.3 Å². The molecule has 1 aromatic heterocycles. The van der Waals surface area contributed by atoms with E-state index in [-0.39, 0.29) is 18.6 Å². The van der Waals surface area contributed by atoms with Crippen molar-refractivity contribution in [1.29, 1.82) is 0 Å². The number of fused-ring (bicyclic) bond motifs is 4. The van der Waals surface area contributed by atoms with Crippen molar-refractivity contribution in [3.05, 3.63) is 48.2 Å². The molecule has 2 aromatic carbocycles. The Hall–Kier alpha value is -3.52. The molecule has 0 spiro atoms. The van der Waals surface area contributed by atoms with Crippen LogP contribution in [0.25, 0.3) is 10.9 Å². The Morgan fingerprint density at radius 1 is 1.16 bits per heavy atom. The van der Waals surface area contributed by atoms with Gasteiger partial charge in [-0.05, 0) is 56.3 Å². The van der Waals surface area contributed by atoms with E-state index in [1.54, 1.807) is 12.1 Å². The van der Waals surface area contributed by atoms with E-state index in [9.17, 15) is 4.79 Å². The zero-order valence-corrected chi connectivity index (χ0v) is 17.8. The van der Waals surface area contributed by atoms with Crippen LogP contribution in [0.4, 0.5) is 5.69 Å². The van der Waals surface area contributed by atoms with E-state index in [0.717, 1.165) is 41.1 Å². The number of carbonyl (C=O) groups is 1. The van der Waals surface area contributed by atoms with Crippen molar-refractivity contribution < 1.29 is 23.7 Å². The van der Waals surface area contributed by atoms with E-state index in [1.165, 1.54) is 0 Å². The van der Waals surface area contributed by atoms with E-state index in [0.29, 0.717) is 36.9 Å². The third-order valence-electron chi connectivity index (χ3n) is 5.36. The van der Waals surface area contributed by atoms with E-state index in [4.69, 9.17) is 18.9 Å². The summed E-state index contributed by atoms with van der Waals surface area (Å²) < 4.78 is 23.3. The Labute approximate surface area is 185 Å². The summed E-state index contributed by atoms with van der Waals surface area (Å²) in [6, 6.07) is 13.3. The quantitative estimate of drug-likeness (QED) is 0.551. The fraction of sp³-hybridized carbons (Fsp3) is 0.333. The number of benzene rings is 2. The maximum absolute atomic E-state index is 11.4. The number of anilines is 1. The van der Waals surface area contributed by atoms with Crippen molar-refractivity contribution in [2.24, 2.45) is 0 Å². The first-order chi connectivity index (χ1) is 15.7. The van der Waals surface area contributed by atoms with Crippen LogP contribution in [0.2, 0.25) is 0 Å². The number of nitrogens with zero attached hydrogens (tertiary/aromatic N) is 1. The van der Waals surface area contributed by atoms with Crippen molar-refractivity contribution >= 4 is 22.5 Å². The molecule has 2 aliphatic heterocycles. The summed E-state index contributed by atoms with van der Waals surface area (Å²) in [4.78, 5) is 16.0. The first kappa shape index (κ1) is 20.4. The predicted octanol–water partition coefficient (Wildman–Crippen LogP) is 3.07. The van der Waals surface area contributed by atoms with Gasteiger partial charge in [0.05, 0.1) is 17.8 Å². The summed E-state index contributed by atoms with van der Waals surface area (Å²) in [5.74, 6) is 2.73. The van der Waals surface area contributed by atoms with E-state index in [2.05, 4.69) is 15.6 Å². The van der Waals surface area contributed by atoms with Crippen molar-refractivity contribution in [3.8, 4) is 23.0 Å². The molecule has 32 heavy (non-hydrogen) atoms. The number of pyridine rings is 1. The van der Waals surface area contributed by atoms with Gasteiger partial charge < -0.3 is 29.6 Å². The van der Waals surface area contributed by atoms with Crippen molar-refractivity contribution in [2.75, 3.05) is 38.2 Å². The largest absolute Gasteiger partial charge is 0.493 e. The van der Waals surface area contributed by atoms with Crippen LogP contribution >= 0.6 is 0 Å². The number of ether oxygens (including phenoxy) is 4. The highest BCUT2D eigenvalue weighted by Crippen LogP contribution is 2.38. The molecule has 0 saturated heterocycles. The Balaban J connectivity index is 1.07. The molecule has 2 aliphatic rings. The van der Waals surface area contributed by atoms with Crippen LogP contribution in [0.15, 0.2) is 42.5 Å². The van der Waals surface area contributed by atoms with Gasteiger partial charge in [0.1, 0.15) is 24.2 Å². The number of amides is 1. The molecule has 2 N–H and O–H groups in total. The molecule has 1 amide bonds. The molecule has 8 nitrogen and oxygen atoms in total. The zero-order valence-electron chi connectivity index (χ0n) is 17.8. The van der Waals surface area contributed by atoms with Crippen molar-refractivity contribution in [3.63, 3.8) is 0 Å². The van der Waals surface area contributed by atoms with Gasteiger partial charge in [-0.1, -0.05) is 0 Å². The Morgan fingerprint density at radius 3 is 3.00 bits per heavy atom. The number of hydrogen-bond acceptors (Lipinski definition) is 7. The zero-order chi connectivity index (χ0) is 21.9. The van der Waals surface area contributed by atoms with Crippen LogP contribution in [0.5, 0.6) is 23.0 Å². The lowest BCUT2D eigenvalue weighted by Gasteiger charge is -2.27. The van der Waals surface area contributed by atoms with Crippen LogP contribution in [-0.2, 0) is 4.79 Å². The Morgan fingerprint density at radius 2 is 2.06 bits per heavy atom. The average molecular weight is 435 g/mol. The minimum atomic E-state index is -0.158. The maximum Gasteiger partial charge on any atom is 0.262 e. The second-order valence-corrected chi connectivity index (χ2v) is 7.86. The van der Waals surface area contributed by atoms with Crippen LogP contribution in [0, 0.1) is 6.92 Å². The molecule has 8 heteroatoms. The van der Waals surface area contributed by atoms with Crippen LogP contribution in [0.3, 0.4) is 0 Å². The molecule has 3 aromatic rings. The second-order valence-electron chi connectivity index (χ2n) is 7.86. The number of hydrogen-bond donors (Lipinski definition) is 2. The number of rotatable bonds is 7. The van der Waals surface area contributed by atoms with Gasteiger partial charge >= 0.3 is 0 Å². The van der Waals surface area contributed by atoms with Crippen LogP contribution in [0.1, 0.15) is 12.1 Å². The molecule has 0 aliphatic carbocycles. The molecule has 3 heterocycles. The summed E-state index contributed by atoms with van der Waals surface area (Å²) in [7, 11) is 0. The lowest BCUT2D eigenvalue weighted by molar-refractivity contribution is -0.118. The molecule has 0 fully saturated rings. The van der Waals surface area contributed by atoms with Gasteiger partial charge in [0.15, 0.2) is 18.1 Å². The minimum Gasteiger partial charge on any atom is -0.493 e. The van der Waals surface area contributed by atoms with Gasteiger partial charge in [0.25, 0.3) is 5.91 Å². The van der Waals surface area contributed by atoms with Gasteiger partial charge in [-0.2, -0.15) is 0 Å². The van der Waals surface area contributed by atoms with Gasteiger partial charge in [-0.15, -0.1) is 0 Å². The molecule has 0 unspecified atom stereocenters. The fourth-order valence-corrected chi connectivity index (χ4v) is 3.78. The summed E-state index contributed by atoms with van der Waals surface area (Å²) in [5.41, 5.74) is 2.53. The average Bonchev–Trinajstić information content (AvgIpc) is 2.80. The van der Waals surface area contributed by atoms with E-state index < -0.39 is 0 Å². The number of aryl methyl sites for hydroxylation is 1. The highest BCUT2D eigenvalue weighted by molar-refractivity contribution is 5.95. The minimum absolute atomic E-state index is 0.0486. The third-order valence-corrected chi connectivity index (χ3v) is 5.36. The fourth-order valence-electron chi connectivity index (χ4n) is 3.78. The number of nitrogens with one attached hydrogen (secondary N) is 2. The van der Waals surface area contributed by atoms with Gasteiger partial charge in [-0.25, -0.2) is 0 Å². The smallest absolute Gasteiger partial charge is 0.262 e. The topological polar surface area (TPSA) is 90.9 Å². The molecule has 1 atom stereocenters. The maximum atomic E-state index is 11.4. The first-order valence-electron chi connectivity index (χ1n) is 10.8.